The molecule has 0 heterocycles. The molecule has 5 saturated carbocycles. The van der Waals surface area contributed by atoms with E-state index in [0.29, 0.717) is 37.5 Å². The van der Waals surface area contributed by atoms with E-state index in [1.807, 2.05) is 6.92 Å². The summed E-state index contributed by atoms with van der Waals surface area (Å²) in [6, 6.07) is 0. The molecule has 43 heavy (non-hydrogen) atoms. The summed E-state index contributed by atoms with van der Waals surface area (Å²) in [5.41, 5.74) is -0.959. The molecular weight excluding hydrogens is 544 g/mol. The zero-order chi connectivity index (χ0) is 31.5. The molecule has 0 radical (unpaired) electrons. The van der Waals surface area contributed by atoms with Crippen LogP contribution in [-0.2, 0) is 9.53 Å². The van der Waals surface area contributed by atoms with Gasteiger partial charge in [-0.15, -0.1) is 0 Å². The summed E-state index contributed by atoms with van der Waals surface area (Å²) in [4.78, 5) is 13.0. The molecule has 0 unspecified atom stereocenters. The second-order valence-electron chi connectivity index (χ2n) is 17.5. The van der Waals surface area contributed by atoms with Crippen molar-refractivity contribution in [2.45, 2.75) is 155 Å². The molecule has 7 nitrogen and oxygen atoms in total. The van der Waals surface area contributed by atoms with Gasteiger partial charge >= 0.3 is 5.97 Å². The van der Waals surface area contributed by atoms with Crippen molar-refractivity contribution in [1.82, 2.24) is 0 Å². The number of hydrogen-bond donors (Lipinski definition) is 5. The number of hydrogen-bond acceptors (Lipinski definition) is 6. The second-order valence-corrected chi connectivity index (χ2v) is 17.5. The summed E-state index contributed by atoms with van der Waals surface area (Å²) in [7, 11) is 0. The molecule has 0 aromatic carbocycles. The number of rotatable bonds is 3. The summed E-state index contributed by atoms with van der Waals surface area (Å²) < 4.78 is 6.65. The maximum absolute atomic E-state index is 13.0. The van der Waals surface area contributed by atoms with Crippen LogP contribution in [0, 0.1) is 50.7 Å². The van der Waals surface area contributed by atoms with Gasteiger partial charge in [-0.25, -0.2) is 0 Å². The van der Waals surface area contributed by atoms with Crippen LogP contribution >= 0.6 is 0 Å². The second kappa shape index (κ2) is 10.0. The molecule has 14 atom stereocenters. The quantitative estimate of drug-likeness (QED) is 0.271. The molecule has 0 aliphatic heterocycles. The molecule has 0 saturated heterocycles. The van der Waals surface area contributed by atoms with Gasteiger partial charge in [-0.1, -0.05) is 53.2 Å². The Labute approximate surface area is 258 Å². The van der Waals surface area contributed by atoms with Gasteiger partial charge in [0.25, 0.3) is 0 Å². The van der Waals surface area contributed by atoms with Crippen LogP contribution in [0.1, 0.15) is 119 Å². The fraction of sp³-hybridized carbons (Fsp3) is 0.917. The molecule has 5 fully saturated rings. The summed E-state index contributed by atoms with van der Waals surface area (Å²) in [5.74, 6) is -0.185. The van der Waals surface area contributed by atoms with Crippen molar-refractivity contribution in [2.24, 2.45) is 50.7 Å². The van der Waals surface area contributed by atoms with Gasteiger partial charge in [0.05, 0.1) is 29.3 Å². The number of aliphatic hydroxyl groups excluding tert-OH is 3. The molecule has 6 aliphatic rings. The van der Waals surface area contributed by atoms with Crippen LogP contribution in [0.25, 0.3) is 0 Å². The van der Waals surface area contributed by atoms with E-state index in [1.54, 1.807) is 0 Å². The van der Waals surface area contributed by atoms with Gasteiger partial charge in [0, 0.05) is 5.92 Å². The van der Waals surface area contributed by atoms with Crippen LogP contribution in [0.3, 0.4) is 0 Å². The van der Waals surface area contributed by atoms with Crippen molar-refractivity contribution in [3.05, 3.63) is 11.6 Å². The lowest BCUT2D eigenvalue weighted by Gasteiger charge is -2.72. The maximum Gasteiger partial charge on any atom is 0.310 e. The van der Waals surface area contributed by atoms with Crippen LogP contribution in [0.2, 0.25) is 0 Å². The first-order chi connectivity index (χ1) is 19.9. The van der Waals surface area contributed by atoms with Gasteiger partial charge in [0.2, 0.25) is 0 Å². The first-order valence-electron chi connectivity index (χ1n) is 17.2. The first-order valence-corrected chi connectivity index (χ1v) is 17.2. The smallest absolute Gasteiger partial charge is 0.310 e. The number of aliphatic carboxylic acids is 1. The van der Waals surface area contributed by atoms with Crippen molar-refractivity contribution in [3.63, 3.8) is 0 Å². The molecule has 5 N–H and O–H groups in total. The third-order valence-corrected chi connectivity index (χ3v) is 15.6. The fourth-order valence-electron chi connectivity index (χ4n) is 12.6. The van der Waals surface area contributed by atoms with Gasteiger partial charge in [-0.05, 0) is 117 Å². The Morgan fingerprint density at radius 3 is 2.21 bits per heavy atom. The highest BCUT2D eigenvalue weighted by atomic mass is 16.5. The Morgan fingerprint density at radius 2 is 1.53 bits per heavy atom. The fourth-order valence-corrected chi connectivity index (χ4v) is 12.6. The number of allylic oxidation sites excluding steroid dienone is 1. The highest BCUT2D eigenvalue weighted by Crippen LogP contribution is 2.76. The number of carboxylic acids is 1. The number of carbonyl (C=O) groups is 1. The third-order valence-electron chi connectivity index (χ3n) is 15.6. The zero-order valence-corrected chi connectivity index (χ0v) is 27.6. The molecule has 0 aromatic heterocycles. The third kappa shape index (κ3) is 4.12. The van der Waals surface area contributed by atoms with E-state index in [2.05, 4.69) is 47.6 Å². The van der Waals surface area contributed by atoms with Crippen LogP contribution < -0.4 is 0 Å². The Morgan fingerprint density at radius 1 is 0.837 bits per heavy atom. The molecular formula is C36H58O7. The minimum absolute atomic E-state index is 0.00660. The number of carboxylic acid groups (broad SMARTS) is 1. The standard InChI is InChI=1S/C36H58O7/c1-20-12-17-36(30(40)41)19-18-33(5)21(29(36)35(20,7)42)8-11-25-32(4)15-14-26(31(2,3)24(32)13-16-34(25,33)6)43-23-10-9-22(37)27(38)28(23)39/h8,20,22-29,37-39,42H,9-19H2,1-7H3,(H,40,41)/t20-,22+,23-,24+,25+,26+,27+,28+,29-,32+,33-,34-,35-,36+/m1/s1. The van der Waals surface area contributed by atoms with Crippen LogP contribution in [0.15, 0.2) is 11.6 Å². The van der Waals surface area contributed by atoms with Crippen molar-refractivity contribution in [1.29, 1.82) is 0 Å². The average Bonchev–Trinajstić information content (AvgIpc) is 2.92. The molecule has 6 aliphatic carbocycles. The van der Waals surface area contributed by atoms with Crippen LogP contribution in [0.4, 0.5) is 0 Å². The van der Waals surface area contributed by atoms with Gasteiger partial charge in [0.15, 0.2) is 0 Å². The number of aliphatic hydroxyl groups is 4. The molecule has 6 rings (SSSR count). The molecule has 0 aromatic rings. The van der Waals surface area contributed by atoms with Gasteiger partial charge < -0.3 is 30.3 Å². The molecule has 7 heteroatoms. The van der Waals surface area contributed by atoms with Gasteiger partial charge in [-0.2, -0.15) is 0 Å². The predicted octanol–water partition coefficient (Wildman–Crippen LogP) is 5.47. The van der Waals surface area contributed by atoms with E-state index in [-0.39, 0.29) is 39.6 Å². The van der Waals surface area contributed by atoms with E-state index in [9.17, 15) is 30.3 Å². The van der Waals surface area contributed by atoms with E-state index in [0.717, 1.165) is 44.9 Å². The Kier molecular flexibility index (Phi) is 7.44. The Bertz CT molecular complexity index is 1160. The Balaban J connectivity index is 1.33. The molecule has 0 bridgehead atoms. The Hall–Kier alpha value is -0.990. The lowest BCUT2D eigenvalue weighted by atomic mass is 9.33. The monoisotopic (exact) mass is 602 g/mol. The van der Waals surface area contributed by atoms with E-state index in [4.69, 9.17) is 4.74 Å². The van der Waals surface area contributed by atoms with Crippen LogP contribution in [0.5, 0.6) is 0 Å². The summed E-state index contributed by atoms with van der Waals surface area (Å²) >= 11 is 0. The SMILES string of the molecule is C[C@@H]1CC[C@]2(C(=O)O)CC[C@]3(C)C(=CC[C@H]4[C@@]5(C)CC[C@H](O[C@@H]6CC[C@H](O)[C@H](O)[C@H]6O)C(C)(C)[C@@H]5CC[C@]43C)[C@@H]2[C@]1(C)O. The summed E-state index contributed by atoms with van der Waals surface area (Å²) in [6.45, 7) is 16.1. The lowest BCUT2D eigenvalue weighted by Crippen LogP contribution is -2.68. The largest absolute Gasteiger partial charge is 0.481 e. The van der Waals surface area contributed by atoms with E-state index >= 15 is 0 Å². The van der Waals surface area contributed by atoms with Gasteiger partial charge in [-0.3, -0.25) is 4.79 Å². The molecule has 0 spiro atoms. The van der Waals surface area contributed by atoms with Crippen molar-refractivity contribution in [3.8, 4) is 0 Å². The van der Waals surface area contributed by atoms with Crippen LogP contribution in [-0.4, -0.2) is 67.6 Å². The summed E-state index contributed by atoms with van der Waals surface area (Å²) in [5, 5.41) is 53.8. The highest BCUT2D eigenvalue weighted by molar-refractivity contribution is 5.77. The number of fused-ring (bicyclic) bond motifs is 7. The van der Waals surface area contributed by atoms with Crippen molar-refractivity contribution < 1.29 is 35.1 Å². The zero-order valence-electron chi connectivity index (χ0n) is 27.6. The minimum Gasteiger partial charge on any atom is -0.481 e. The predicted molar refractivity (Wildman–Crippen MR) is 164 cm³/mol. The molecule has 0 amide bonds. The van der Waals surface area contributed by atoms with E-state index in [1.165, 1.54) is 5.57 Å². The van der Waals surface area contributed by atoms with E-state index < -0.39 is 41.4 Å². The average molecular weight is 603 g/mol. The first kappa shape index (κ1) is 32.0. The summed E-state index contributed by atoms with van der Waals surface area (Å²) in [6.07, 6.45) is 7.53. The topological polar surface area (TPSA) is 127 Å². The normalized spacial score (nSPS) is 56.1. The van der Waals surface area contributed by atoms with Crippen molar-refractivity contribution >= 4 is 5.97 Å². The maximum atomic E-state index is 13.0. The molecule has 244 valence electrons. The lowest BCUT2D eigenvalue weighted by molar-refractivity contribution is -0.241. The van der Waals surface area contributed by atoms with Gasteiger partial charge in [0.1, 0.15) is 12.2 Å². The van der Waals surface area contributed by atoms with Crippen molar-refractivity contribution in [2.75, 3.05) is 0 Å². The highest BCUT2D eigenvalue weighted by Gasteiger charge is 2.71. The number of ether oxygens (including phenoxy) is 1. The minimum atomic E-state index is -1.17.